The maximum absolute atomic E-state index is 12.4. The number of hydrogen-bond acceptors (Lipinski definition) is 7. The molecule has 0 spiro atoms. The Morgan fingerprint density at radius 2 is 1.87 bits per heavy atom. The van der Waals surface area contributed by atoms with E-state index in [1.165, 1.54) is 36.1 Å². The largest absolute Gasteiger partial charge is 0.465 e. The summed E-state index contributed by atoms with van der Waals surface area (Å²) in [5.41, 5.74) is 7.86. The van der Waals surface area contributed by atoms with Gasteiger partial charge in [0.25, 0.3) is 0 Å². The number of benzene rings is 2. The Kier molecular flexibility index (Phi) is 6.69. The summed E-state index contributed by atoms with van der Waals surface area (Å²) in [6, 6.07) is 16.7. The van der Waals surface area contributed by atoms with Crippen molar-refractivity contribution in [1.82, 2.24) is 14.5 Å². The van der Waals surface area contributed by atoms with Crippen molar-refractivity contribution in [3.05, 3.63) is 71.4 Å². The first-order valence-electron chi connectivity index (χ1n) is 9.38. The summed E-state index contributed by atoms with van der Waals surface area (Å²) in [6.07, 6.45) is 0.788. The van der Waals surface area contributed by atoms with E-state index >= 15 is 0 Å². The molecular weight excluding hydrogens is 418 g/mol. The third kappa shape index (κ3) is 4.91. The van der Waals surface area contributed by atoms with Crippen LogP contribution in [0.25, 0.3) is 5.69 Å². The third-order valence-electron chi connectivity index (χ3n) is 4.57. The Morgan fingerprint density at radius 1 is 1.19 bits per heavy atom. The summed E-state index contributed by atoms with van der Waals surface area (Å²) in [6.45, 7) is 0.143. The highest BCUT2D eigenvalue weighted by molar-refractivity contribution is 7.89. The fourth-order valence-electron chi connectivity index (χ4n) is 2.97. The molecule has 3 N–H and O–H groups in total. The van der Waals surface area contributed by atoms with Gasteiger partial charge >= 0.3 is 5.97 Å². The van der Waals surface area contributed by atoms with Gasteiger partial charge in [-0.1, -0.05) is 18.2 Å². The minimum absolute atomic E-state index is 0.0375. The molecule has 1 aromatic heterocycles. The second-order valence-electron chi connectivity index (χ2n) is 6.58. The molecule has 160 valence electrons. The lowest BCUT2D eigenvalue weighted by Gasteiger charge is -2.07. The summed E-state index contributed by atoms with van der Waals surface area (Å²) in [4.78, 5) is 11.5. The fraction of sp³-hybridized carbons (Fsp3) is 0.190. The fourth-order valence-corrected chi connectivity index (χ4v) is 4.05. The van der Waals surface area contributed by atoms with E-state index in [0.29, 0.717) is 18.5 Å². The average molecular weight is 439 g/mol. The lowest BCUT2D eigenvalue weighted by molar-refractivity contribution is 0.0600. The van der Waals surface area contributed by atoms with Crippen LogP contribution < -0.4 is 10.5 Å². The molecule has 0 aliphatic rings. The number of methoxy groups -OCH3 is 1. The number of para-hydroxylation sites is 1. The average Bonchev–Trinajstić information content (AvgIpc) is 3.12. The van der Waals surface area contributed by atoms with Crippen molar-refractivity contribution in [2.45, 2.75) is 17.7 Å². The predicted molar refractivity (Wildman–Crippen MR) is 114 cm³/mol. The van der Waals surface area contributed by atoms with Crippen molar-refractivity contribution in [1.29, 1.82) is 5.26 Å². The van der Waals surface area contributed by atoms with Gasteiger partial charge in [0.15, 0.2) is 0 Å². The van der Waals surface area contributed by atoms with Gasteiger partial charge in [-0.05, 0) is 49.2 Å². The molecule has 31 heavy (non-hydrogen) atoms. The number of carbonyl (C=O) groups is 1. The Labute approximate surface area is 180 Å². The molecule has 3 rings (SSSR count). The highest BCUT2D eigenvalue weighted by Gasteiger charge is 2.18. The number of nitrogens with one attached hydrogen (secondary N) is 1. The molecule has 0 amide bonds. The van der Waals surface area contributed by atoms with Crippen LogP contribution in [-0.2, 0) is 21.2 Å². The van der Waals surface area contributed by atoms with Crippen molar-refractivity contribution >= 4 is 21.8 Å². The lowest BCUT2D eigenvalue weighted by atomic mass is 10.1. The topological polar surface area (TPSA) is 140 Å². The highest BCUT2D eigenvalue weighted by Crippen LogP contribution is 2.21. The summed E-state index contributed by atoms with van der Waals surface area (Å²) < 4.78 is 33.5. The zero-order valence-corrected chi connectivity index (χ0v) is 17.6. The zero-order chi connectivity index (χ0) is 22.4. The molecular formula is C21H21N5O4S. The molecule has 0 aliphatic heterocycles. The van der Waals surface area contributed by atoms with Crippen LogP contribution in [0.2, 0.25) is 0 Å². The van der Waals surface area contributed by atoms with Crippen LogP contribution in [-0.4, -0.2) is 37.8 Å². The summed E-state index contributed by atoms with van der Waals surface area (Å²) in [5.74, 6) is -0.297. The maximum Gasteiger partial charge on any atom is 0.337 e. The van der Waals surface area contributed by atoms with Gasteiger partial charge in [-0.15, -0.1) is 0 Å². The van der Waals surface area contributed by atoms with Gasteiger partial charge in [0.2, 0.25) is 10.0 Å². The number of ether oxygens (including phenoxy) is 1. The summed E-state index contributed by atoms with van der Waals surface area (Å²) in [7, 11) is -2.49. The molecule has 10 heteroatoms. The zero-order valence-electron chi connectivity index (χ0n) is 16.8. The van der Waals surface area contributed by atoms with E-state index in [1.54, 1.807) is 0 Å². The Hall–Kier alpha value is -3.68. The predicted octanol–water partition coefficient (Wildman–Crippen LogP) is 2.02. The second-order valence-corrected chi connectivity index (χ2v) is 8.35. The summed E-state index contributed by atoms with van der Waals surface area (Å²) in [5, 5.41) is 13.9. The molecule has 2 aromatic carbocycles. The third-order valence-corrected chi connectivity index (χ3v) is 6.05. The van der Waals surface area contributed by atoms with Gasteiger partial charge in [0.05, 0.1) is 29.0 Å². The van der Waals surface area contributed by atoms with Crippen LogP contribution in [0.15, 0.2) is 59.5 Å². The number of nitrogens with zero attached hydrogens (tertiary/aromatic N) is 3. The molecule has 0 atom stereocenters. The molecule has 1 heterocycles. The van der Waals surface area contributed by atoms with Crippen LogP contribution in [0.5, 0.6) is 0 Å². The molecule has 0 saturated carbocycles. The van der Waals surface area contributed by atoms with Gasteiger partial charge in [0, 0.05) is 6.54 Å². The van der Waals surface area contributed by atoms with Crippen molar-refractivity contribution < 1.29 is 17.9 Å². The minimum Gasteiger partial charge on any atom is -0.465 e. The van der Waals surface area contributed by atoms with Gasteiger partial charge in [-0.25, -0.2) is 22.6 Å². The Balaban J connectivity index is 1.64. The second kappa shape index (κ2) is 9.42. The number of nitrogens with two attached hydrogens (primary N) is 1. The first kappa shape index (κ1) is 22.0. The number of nitriles is 1. The number of carbonyl (C=O) groups excluding carboxylic acids is 1. The van der Waals surface area contributed by atoms with Crippen molar-refractivity contribution in [3.63, 3.8) is 0 Å². The number of aromatic nitrogens is 2. The number of aryl methyl sites for hydroxylation is 1. The lowest BCUT2D eigenvalue weighted by Crippen LogP contribution is -2.25. The summed E-state index contributed by atoms with van der Waals surface area (Å²) >= 11 is 0. The number of nitrogen functional groups attached to an aromatic ring is 1. The number of sulfonamides is 1. The van der Waals surface area contributed by atoms with Crippen LogP contribution >= 0.6 is 0 Å². The SMILES string of the molecule is COC(=O)c1ccc(S(=O)(=O)NCCCc2nn(-c3ccccc3)c(N)c2C#N)cc1. The van der Waals surface area contributed by atoms with Crippen LogP contribution in [0, 0.1) is 11.3 Å². The molecule has 0 saturated heterocycles. The van der Waals surface area contributed by atoms with Crippen molar-refractivity contribution in [2.24, 2.45) is 0 Å². The van der Waals surface area contributed by atoms with E-state index in [4.69, 9.17) is 5.73 Å². The van der Waals surface area contributed by atoms with Crippen molar-refractivity contribution in [2.75, 3.05) is 19.4 Å². The van der Waals surface area contributed by atoms with Crippen LogP contribution in [0.1, 0.15) is 28.0 Å². The standard InChI is InChI=1S/C21H21N5O4S/c1-30-21(27)15-9-11-17(12-10-15)31(28,29)24-13-5-8-19-18(14-22)20(23)26(25-19)16-6-3-2-4-7-16/h2-4,6-7,9-12,24H,5,8,13,23H2,1H3. The van der Waals surface area contributed by atoms with E-state index in [1.807, 2.05) is 30.3 Å². The van der Waals surface area contributed by atoms with Gasteiger partial charge in [-0.3, -0.25) is 0 Å². The first-order chi connectivity index (χ1) is 14.9. The normalized spacial score (nSPS) is 11.1. The maximum atomic E-state index is 12.4. The van der Waals surface area contributed by atoms with E-state index in [-0.39, 0.29) is 28.4 Å². The van der Waals surface area contributed by atoms with E-state index < -0.39 is 16.0 Å². The van der Waals surface area contributed by atoms with E-state index in [2.05, 4.69) is 20.6 Å². The molecule has 0 fully saturated rings. The van der Waals surface area contributed by atoms with E-state index in [0.717, 1.165) is 5.69 Å². The molecule has 9 nitrogen and oxygen atoms in total. The smallest absolute Gasteiger partial charge is 0.337 e. The molecule has 0 radical (unpaired) electrons. The molecule has 0 unspecified atom stereocenters. The Bertz CT molecular complexity index is 1210. The first-order valence-corrected chi connectivity index (χ1v) is 10.9. The van der Waals surface area contributed by atoms with Gasteiger partial charge in [-0.2, -0.15) is 10.4 Å². The molecule has 3 aromatic rings. The number of anilines is 1. The van der Waals surface area contributed by atoms with Crippen LogP contribution in [0.4, 0.5) is 5.82 Å². The van der Waals surface area contributed by atoms with Crippen molar-refractivity contribution in [3.8, 4) is 11.8 Å². The number of esters is 1. The number of hydrogen-bond donors (Lipinski definition) is 2. The minimum atomic E-state index is -3.74. The van der Waals surface area contributed by atoms with Crippen LogP contribution in [0.3, 0.4) is 0 Å². The highest BCUT2D eigenvalue weighted by atomic mass is 32.2. The molecule has 0 bridgehead atoms. The monoisotopic (exact) mass is 439 g/mol. The van der Waals surface area contributed by atoms with Gasteiger partial charge < -0.3 is 10.5 Å². The quantitative estimate of drug-likeness (QED) is 0.404. The van der Waals surface area contributed by atoms with E-state index in [9.17, 15) is 18.5 Å². The van der Waals surface area contributed by atoms with Gasteiger partial charge in [0.1, 0.15) is 17.5 Å². The molecule has 0 aliphatic carbocycles. The Morgan fingerprint density at radius 3 is 2.48 bits per heavy atom. The number of rotatable bonds is 8.